The SMILES string of the molecule is CCCCCC/C=C\C/C=C\CCCCCCCCCC(=O)OCCCCC/C=C\C=C/CCCCCCCCC(=O)NC(CO)C(O)CCCCCCCCCCCCCCCCCCCCCCCC. The minimum atomic E-state index is -0.681. The fourth-order valence-corrected chi connectivity index (χ4v) is 9.72. The Kier molecular flexibility index (Phi) is 59.5. The van der Waals surface area contributed by atoms with Crippen molar-refractivity contribution in [1.29, 1.82) is 0 Å². The average Bonchev–Trinajstić information content (AvgIpc) is 3.38. The van der Waals surface area contributed by atoms with E-state index in [2.05, 4.69) is 67.8 Å². The van der Waals surface area contributed by atoms with Crippen LogP contribution in [0.25, 0.3) is 0 Å². The summed E-state index contributed by atoms with van der Waals surface area (Å²) in [4.78, 5) is 24.6. The third kappa shape index (κ3) is 57.1. The maximum absolute atomic E-state index is 12.5. The van der Waals surface area contributed by atoms with Gasteiger partial charge in [0.25, 0.3) is 0 Å². The Labute approximate surface area is 448 Å². The molecule has 0 fully saturated rings. The molecule has 0 spiro atoms. The van der Waals surface area contributed by atoms with E-state index >= 15 is 0 Å². The van der Waals surface area contributed by atoms with Crippen molar-refractivity contribution in [3.05, 3.63) is 48.6 Å². The van der Waals surface area contributed by atoms with Crippen molar-refractivity contribution in [1.82, 2.24) is 5.32 Å². The molecule has 0 saturated carbocycles. The Balaban J connectivity index is 3.51. The van der Waals surface area contributed by atoms with E-state index in [4.69, 9.17) is 4.74 Å². The Bertz CT molecular complexity index is 1210. The molecule has 6 nitrogen and oxygen atoms in total. The molecule has 72 heavy (non-hydrogen) atoms. The first kappa shape index (κ1) is 69.8. The van der Waals surface area contributed by atoms with E-state index in [0.717, 1.165) is 83.5 Å². The van der Waals surface area contributed by atoms with Crippen molar-refractivity contribution in [3.63, 3.8) is 0 Å². The van der Waals surface area contributed by atoms with Gasteiger partial charge in [0.2, 0.25) is 5.91 Å². The number of ether oxygens (including phenoxy) is 1. The fraction of sp³-hybridized carbons (Fsp3) is 0.848. The summed E-state index contributed by atoms with van der Waals surface area (Å²) in [6, 6.07) is -0.561. The van der Waals surface area contributed by atoms with Crippen LogP contribution < -0.4 is 5.32 Å². The first-order valence-electron chi connectivity index (χ1n) is 31.9. The number of rotatable bonds is 59. The number of carbonyl (C=O) groups is 2. The Morgan fingerprint density at radius 1 is 0.403 bits per heavy atom. The smallest absolute Gasteiger partial charge is 0.305 e. The lowest BCUT2D eigenvalue weighted by atomic mass is 10.0. The highest BCUT2D eigenvalue weighted by molar-refractivity contribution is 5.76. The van der Waals surface area contributed by atoms with Crippen LogP contribution >= 0.6 is 0 Å². The van der Waals surface area contributed by atoms with E-state index < -0.39 is 12.1 Å². The van der Waals surface area contributed by atoms with Crippen molar-refractivity contribution >= 4 is 11.9 Å². The third-order valence-corrected chi connectivity index (χ3v) is 14.6. The number of esters is 1. The highest BCUT2D eigenvalue weighted by Crippen LogP contribution is 2.17. The number of nitrogens with one attached hydrogen (secondary N) is 1. The molecule has 0 saturated heterocycles. The quantitative estimate of drug-likeness (QED) is 0.0244. The summed E-state index contributed by atoms with van der Waals surface area (Å²) in [6.45, 7) is 4.89. The summed E-state index contributed by atoms with van der Waals surface area (Å²) in [7, 11) is 0. The molecule has 422 valence electrons. The van der Waals surface area contributed by atoms with Crippen LogP contribution in [0.4, 0.5) is 0 Å². The lowest BCUT2D eigenvalue weighted by Crippen LogP contribution is -2.45. The molecule has 0 rings (SSSR count). The largest absolute Gasteiger partial charge is 0.466 e. The second-order valence-corrected chi connectivity index (χ2v) is 21.8. The Morgan fingerprint density at radius 3 is 1.15 bits per heavy atom. The van der Waals surface area contributed by atoms with Gasteiger partial charge in [0.15, 0.2) is 0 Å². The monoisotopic (exact) mass is 1010 g/mol. The first-order valence-corrected chi connectivity index (χ1v) is 31.9. The molecule has 0 aromatic rings. The molecule has 0 aromatic carbocycles. The number of aliphatic hydroxyl groups is 2. The van der Waals surface area contributed by atoms with Gasteiger partial charge < -0.3 is 20.3 Å². The number of carbonyl (C=O) groups excluding carboxylic acids is 2. The molecule has 2 atom stereocenters. The lowest BCUT2D eigenvalue weighted by Gasteiger charge is -2.22. The van der Waals surface area contributed by atoms with E-state index in [1.54, 1.807) is 0 Å². The minimum Gasteiger partial charge on any atom is -0.466 e. The predicted octanol–water partition coefficient (Wildman–Crippen LogP) is 20.1. The summed E-state index contributed by atoms with van der Waals surface area (Å²) in [6.07, 6.45) is 78.3. The van der Waals surface area contributed by atoms with Gasteiger partial charge in [-0.2, -0.15) is 0 Å². The molecule has 0 radical (unpaired) electrons. The van der Waals surface area contributed by atoms with Crippen LogP contribution in [0.1, 0.15) is 335 Å². The van der Waals surface area contributed by atoms with Gasteiger partial charge in [-0.1, -0.05) is 281 Å². The number of hydrogen-bond acceptors (Lipinski definition) is 5. The zero-order valence-electron chi connectivity index (χ0n) is 48.2. The zero-order chi connectivity index (χ0) is 52.2. The van der Waals surface area contributed by atoms with Crippen molar-refractivity contribution in [3.8, 4) is 0 Å². The van der Waals surface area contributed by atoms with Crippen LogP contribution in [-0.4, -0.2) is 47.4 Å². The van der Waals surface area contributed by atoms with Gasteiger partial charge >= 0.3 is 5.97 Å². The molecule has 0 aromatic heterocycles. The van der Waals surface area contributed by atoms with Crippen LogP contribution in [0.2, 0.25) is 0 Å². The van der Waals surface area contributed by atoms with Gasteiger partial charge in [-0.3, -0.25) is 9.59 Å². The molecule has 6 heteroatoms. The Hall–Kier alpha value is -2.18. The van der Waals surface area contributed by atoms with Crippen molar-refractivity contribution in [2.45, 2.75) is 347 Å². The van der Waals surface area contributed by atoms with Crippen LogP contribution in [0.5, 0.6) is 0 Å². The molecular formula is C66H123NO5. The highest BCUT2D eigenvalue weighted by Gasteiger charge is 2.20. The molecule has 1 amide bonds. The van der Waals surface area contributed by atoms with E-state index in [1.165, 1.54) is 218 Å². The van der Waals surface area contributed by atoms with Gasteiger partial charge in [-0.25, -0.2) is 0 Å². The van der Waals surface area contributed by atoms with E-state index in [-0.39, 0.29) is 18.5 Å². The van der Waals surface area contributed by atoms with Crippen molar-refractivity contribution in [2.75, 3.05) is 13.2 Å². The Morgan fingerprint density at radius 2 is 0.736 bits per heavy atom. The summed E-state index contributed by atoms with van der Waals surface area (Å²) < 4.78 is 5.46. The maximum Gasteiger partial charge on any atom is 0.305 e. The molecule has 2 unspecified atom stereocenters. The second-order valence-electron chi connectivity index (χ2n) is 21.8. The van der Waals surface area contributed by atoms with Crippen molar-refractivity contribution < 1.29 is 24.5 Å². The first-order chi connectivity index (χ1) is 35.5. The van der Waals surface area contributed by atoms with Gasteiger partial charge in [0.05, 0.1) is 25.4 Å². The number of hydrogen-bond donors (Lipinski definition) is 3. The second kappa shape index (κ2) is 61.4. The minimum absolute atomic E-state index is 0.0287. The van der Waals surface area contributed by atoms with Gasteiger partial charge in [0, 0.05) is 12.8 Å². The normalized spacial score (nSPS) is 12.9. The fourth-order valence-electron chi connectivity index (χ4n) is 9.72. The number of unbranched alkanes of at least 4 members (excludes halogenated alkanes) is 41. The summed E-state index contributed by atoms with van der Waals surface area (Å²) >= 11 is 0. The van der Waals surface area contributed by atoms with Crippen LogP contribution in [-0.2, 0) is 14.3 Å². The molecule has 0 aliphatic heterocycles. The molecule has 0 bridgehead atoms. The van der Waals surface area contributed by atoms with Gasteiger partial charge in [-0.15, -0.1) is 0 Å². The number of allylic oxidation sites excluding steroid dienone is 8. The molecule has 0 heterocycles. The van der Waals surface area contributed by atoms with Crippen molar-refractivity contribution in [2.24, 2.45) is 0 Å². The van der Waals surface area contributed by atoms with Crippen LogP contribution in [0, 0.1) is 0 Å². The molecular weight excluding hydrogens is 887 g/mol. The van der Waals surface area contributed by atoms with Gasteiger partial charge in [-0.05, 0) is 89.9 Å². The van der Waals surface area contributed by atoms with Gasteiger partial charge in [0.1, 0.15) is 0 Å². The third-order valence-electron chi connectivity index (χ3n) is 14.6. The predicted molar refractivity (Wildman–Crippen MR) is 315 cm³/mol. The summed E-state index contributed by atoms with van der Waals surface area (Å²) in [5, 5.41) is 23.4. The van der Waals surface area contributed by atoms with Crippen LogP contribution in [0.15, 0.2) is 48.6 Å². The molecule has 3 N–H and O–H groups in total. The highest BCUT2D eigenvalue weighted by atomic mass is 16.5. The molecule has 0 aliphatic carbocycles. The zero-order valence-corrected chi connectivity index (χ0v) is 48.2. The summed E-state index contributed by atoms with van der Waals surface area (Å²) in [5.74, 6) is -0.0842. The summed E-state index contributed by atoms with van der Waals surface area (Å²) in [5.41, 5.74) is 0. The standard InChI is InChI=1S/C66H123NO5/c1-3-5-7-9-11-13-15-17-19-21-23-24-25-26-27-30-34-38-42-46-50-54-58-64(69)63(62-68)67-65(70)59-55-51-47-43-39-35-31-29-33-37-41-45-49-53-57-61-72-66(71)60-56-52-48-44-40-36-32-28-22-20-18-16-14-12-10-8-6-4-2/h14,16,20,22,29,33,37,41,63-64,68-69H,3-13,15,17-19,21,23-28,30-32,34-36,38-40,42-62H2,1-2H3,(H,67,70)/b16-14-,22-20-,33-29-,41-37-. The van der Waals surface area contributed by atoms with E-state index in [1.807, 2.05) is 0 Å². The van der Waals surface area contributed by atoms with Crippen LogP contribution in [0.3, 0.4) is 0 Å². The van der Waals surface area contributed by atoms with E-state index in [0.29, 0.717) is 25.9 Å². The number of amides is 1. The lowest BCUT2D eigenvalue weighted by molar-refractivity contribution is -0.143. The maximum atomic E-state index is 12.5. The number of aliphatic hydroxyl groups excluding tert-OH is 2. The van der Waals surface area contributed by atoms with E-state index in [9.17, 15) is 19.8 Å². The average molecular weight is 1010 g/mol. The molecule has 0 aliphatic rings. The topological polar surface area (TPSA) is 95.9 Å².